The predicted octanol–water partition coefficient (Wildman–Crippen LogP) is 2.03. The summed E-state index contributed by atoms with van der Waals surface area (Å²) in [6, 6.07) is 1.91. The number of aromatic nitrogens is 1. The van der Waals surface area contributed by atoms with Gasteiger partial charge in [-0.1, -0.05) is 21.6 Å². The lowest BCUT2D eigenvalue weighted by Gasteiger charge is -1.99. The average Bonchev–Trinajstić information content (AvgIpc) is 1.94. The van der Waals surface area contributed by atoms with Crippen molar-refractivity contribution in [3.63, 3.8) is 0 Å². The molecular formula is C6H8N2S2. The smallest absolute Gasteiger partial charge is 0.0647 e. The fourth-order valence-corrected chi connectivity index (χ4v) is 2.00. The van der Waals surface area contributed by atoms with Crippen molar-refractivity contribution in [2.24, 2.45) is 0 Å². The summed E-state index contributed by atoms with van der Waals surface area (Å²) in [5, 5.41) is 0. The summed E-state index contributed by atoms with van der Waals surface area (Å²) < 4.78 is 0. The van der Waals surface area contributed by atoms with E-state index in [9.17, 15) is 0 Å². The molecule has 1 heterocycles. The molecule has 1 rings (SSSR count). The summed E-state index contributed by atoms with van der Waals surface area (Å²) in [6.45, 7) is 0. The molecule has 0 aromatic carbocycles. The molecule has 0 bridgehead atoms. The second kappa shape index (κ2) is 3.73. The lowest BCUT2D eigenvalue weighted by atomic mass is 10.4. The lowest BCUT2D eigenvalue weighted by Crippen LogP contribution is -1.87. The summed E-state index contributed by atoms with van der Waals surface area (Å²) in [4.78, 5) is 4.97. The van der Waals surface area contributed by atoms with Gasteiger partial charge in [0.1, 0.15) is 0 Å². The number of hydrogen-bond acceptors (Lipinski definition) is 4. The fourth-order valence-electron chi connectivity index (χ4n) is 0.560. The van der Waals surface area contributed by atoms with Gasteiger partial charge in [0.25, 0.3) is 0 Å². The Labute approximate surface area is 68.0 Å². The highest BCUT2D eigenvalue weighted by molar-refractivity contribution is 8.76. The van der Waals surface area contributed by atoms with Crippen molar-refractivity contribution in [3.05, 3.63) is 18.5 Å². The topological polar surface area (TPSA) is 38.9 Å². The molecule has 0 fully saturated rings. The van der Waals surface area contributed by atoms with Crippen molar-refractivity contribution in [1.82, 2.24) is 4.98 Å². The molecule has 0 aliphatic carbocycles. The van der Waals surface area contributed by atoms with Crippen molar-refractivity contribution in [1.29, 1.82) is 0 Å². The molecule has 0 radical (unpaired) electrons. The maximum absolute atomic E-state index is 5.61. The lowest BCUT2D eigenvalue weighted by molar-refractivity contribution is 1.27. The van der Waals surface area contributed by atoms with Crippen LogP contribution >= 0.6 is 21.6 Å². The maximum atomic E-state index is 5.61. The van der Waals surface area contributed by atoms with Crippen LogP contribution in [0.15, 0.2) is 23.4 Å². The molecule has 1 aromatic heterocycles. The number of pyridine rings is 1. The summed E-state index contributed by atoms with van der Waals surface area (Å²) in [6.07, 6.45) is 5.43. The minimum absolute atomic E-state index is 0.752. The molecule has 0 saturated carbocycles. The number of nitrogen functional groups attached to an aromatic ring is 1. The molecule has 1 aromatic rings. The van der Waals surface area contributed by atoms with Crippen LogP contribution in [0.4, 0.5) is 5.69 Å². The molecule has 2 N–H and O–H groups in total. The first-order valence-corrected chi connectivity index (χ1v) is 5.30. The third-order valence-electron chi connectivity index (χ3n) is 0.983. The molecule has 10 heavy (non-hydrogen) atoms. The van der Waals surface area contributed by atoms with Crippen LogP contribution in [0.5, 0.6) is 0 Å². The number of hydrogen-bond donors (Lipinski definition) is 1. The summed E-state index contributed by atoms with van der Waals surface area (Å²) in [7, 11) is 3.33. The van der Waals surface area contributed by atoms with E-state index in [1.54, 1.807) is 34.0 Å². The minimum Gasteiger partial charge on any atom is -0.397 e. The Morgan fingerprint density at radius 1 is 1.60 bits per heavy atom. The number of nitrogens with zero attached hydrogens (tertiary/aromatic N) is 1. The van der Waals surface area contributed by atoms with Gasteiger partial charge in [-0.25, -0.2) is 0 Å². The molecule has 0 amide bonds. The molecule has 0 saturated heterocycles. The zero-order chi connectivity index (χ0) is 7.40. The van der Waals surface area contributed by atoms with Crippen molar-refractivity contribution in [2.75, 3.05) is 12.0 Å². The Hall–Kier alpha value is -0.350. The van der Waals surface area contributed by atoms with E-state index in [0.717, 1.165) is 10.6 Å². The summed E-state index contributed by atoms with van der Waals surface area (Å²) in [5.74, 6) is 0. The Bertz CT molecular complexity index is 215. The van der Waals surface area contributed by atoms with Gasteiger partial charge in [0.15, 0.2) is 0 Å². The fraction of sp³-hybridized carbons (Fsp3) is 0.167. The largest absolute Gasteiger partial charge is 0.397 e. The summed E-state index contributed by atoms with van der Waals surface area (Å²) >= 11 is 0. The molecule has 2 nitrogen and oxygen atoms in total. The maximum Gasteiger partial charge on any atom is 0.0647 e. The first kappa shape index (κ1) is 7.75. The van der Waals surface area contributed by atoms with E-state index in [0.29, 0.717) is 0 Å². The van der Waals surface area contributed by atoms with E-state index >= 15 is 0 Å². The van der Waals surface area contributed by atoms with E-state index in [1.165, 1.54) is 0 Å². The van der Waals surface area contributed by atoms with E-state index in [1.807, 2.05) is 12.3 Å². The van der Waals surface area contributed by atoms with Crippen LogP contribution in [0.3, 0.4) is 0 Å². The highest BCUT2D eigenvalue weighted by Crippen LogP contribution is 2.31. The molecular weight excluding hydrogens is 164 g/mol. The van der Waals surface area contributed by atoms with Gasteiger partial charge >= 0.3 is 0 Å². The Morgan fingerprint density at radius 2 is 2.40 bits per heavy atom. The standard InChI is InChI=1S/C6H8N2S2/c1-9-10-6-2-3-8-4-5(6)7/h2-4H,7H2,1H3. The number of nitrogens with two attached hydrogens (primary N) is 1. The SMILES string of the molecule is CSSc1ccncc1N. The van der Waals surface area contributed by atoms with Crippen molar-refractivity contribution >= 4 is 27.3 Å². The van der Waals surface area contributed by atoms with Gasteiger partial charge in [0, 0.05) is 11.1 Å². The van der Waals surface area contributed by atoms with Crippen LogP contribution in [0.1, 0.15) is 0 Å². The summed E-state index contributed by atoms with van der Waals surface area (Å²) in [5.41, 5.74) is 6.36. The van der Waals surface area contributed by atoms with Crippen LogP contribution in [0, 0.1) is 0 Å². The van der Waals surface area contributed by atoms with Gasteiger partial charge in [-0.3, -0.25) is 4.98 Å². The molecule has 0 unspecified atom stereocenters. The Kier molecular flexibility index (Phi) is 2.89. The molecule has 0 spiro atoms. The van der Waals surface area contributed by atoms with Crippen molar-refractivity contribution in [3.8, 4) is 0 Å². The first-order chi connectivity index (χ1) is 4.84. The zero-order valence-electron chi connectivity index (χ0n) is 5.57. The van der Waals surface area contributed by atoms with Gasteiger partial charge in [-0.15, -0.1) is 0 Å². The second-order valence-electron chi connectivity index (χ2n) is 1.66. The third-order valence-corrected chi connectivity index (χ3v) is 2.74. The molecule has 0 aliphatic heterocycles. The van der Waals surface area contributed by atoms with E-state index in [2.05, 4.69) is 4.98 Å². The molecule has 0 aliphatic rings. The van der Waals surface area contributed by atoms with Crippen LogP contribution in [-0.2, 0) is 0 Å². The van der Waals surface area contributed by atoms with E-state index in [-0.39, 0.29) is 0 Å². The van der Waals surface area contributed by atoms with Gasteiger partial charge in [0.05, 0.1) is 11.9 Å². The quantitative estimate of drug-likeness (QED) is 0.693. The Balaban J connectivity index is 2.81. The Morgan fingerprint density at radius 3 is 3.00 bits per heavy atom. The zero-order valence-corrected chi connectivity index (χ0v) is 7.21. The number of anilines is 1. The highest BCUT2D eigenvalue weighted by Gasteiger charge is 1.95. The van der Waals surface area contributed by atoms with Crippen LogP contribution in [0.25, 0.3) is 0 Å². The predicted molar refractivity (Wildman–Crippen MR) is 48.0 cm³/mol. The van der Waals surface area contributed by atoms with Gasteiger partial charge in [0.2, 0.25) is 0 Å². The van der Waals surface area contributed by atoms with Crippen molar-refractivity contribution in [2.45, 2.75) is 4.90 Å². The normalized spacial score (nSPS) is 9.70. The average molecular weight is 172 g/mol. The molecule has 54 valence electrons. The van der Waals surface area contributed by atoms with Gasteiger partial charge < -0.3 is 5.73 Å². The third kappa shape index (κ3) is 1.82. The second-order valence-corrected chi connectivity index (χ2v) is 4.10. The van der Waals surface area contributed by atoms with E-state index in [4.69, 9.17) is 5.73 Å². The van der Waals surface area contributed by atoms with Crippen LogP contribution < -0.4 is 5.73 Å². The minimum atomic E-state index is 0.752. The van der Waals surface area contributed by atoms with Crippen LogP contribution in [0.2, 0.25) is 0 Å². The van der Waals surface area contributed by atoms with Crippen molar-refractivity contribution < 1.29 is 0 Å². The highest BCUT2D eigenvalue weighted by atomic mass is 33.1. The molecule has 0 atom stereocenters. The van der Waals surface area contributed by atoms with Gasteiger partial charge in [-0.05, 0) is 12.3 Å². The van der Waals surface area contributed by atoms with Gasteiger partial charge in [-0.2, -0.15) is 0 Å². The number of rotatable bonds is 2. The monoisotopic (exact) mass is 172 g/mol. The van der Waals surface area contributed by atoms with E-state index < -0.39 is 0 Å². The first-order valence-electron chi connectivity index (χ1n) is 2.74. The van der Waals surface area contributed by atoms with Crippen LogP contribution in [-0.4, -0.2) is 11.2 Å². The molecule has 4 heteroatoms.